The normalized spacial score (nSPS) is 23.4. The Morgan fingerprint density at radius 1 is 1.69 bits per heavy atom. The molecule has 0 aliphatic carbocycles. The van der Waals surface area contributed by atoms with E-state index in [4.69, 9.17) is 4.74 Å². The number of hydrogen-bond acceptors (Lipinski definition) is 4. The van der Waals surface area contributed by atoms with Crippen molar-refractivity contribution in [3.63, 3.8) is 0 Å². The van der Waals surface area contributed by atoms with Gasteiger partial charge in [-0.2, -0.15) is 0 Å². The molecule has 1 aromatic heterocycles. The fraction of sp³-hybridized carbons (Fsp3) is 0.667. The van der Waals surface area contributed by atoms with Gasteiger partial charge in [0.25, 0.3) is 10.0 Å². The zero-order valence-electron chi connectivity index (χ0n) is 9.01. The Balaban J connectivity index is 2.03. The summed E-state index contributed by atoms with van der Waals surface area (Å²) < 4.78 is 31.6. The van der Waals surface area contributed by atoms with E-state index in [1.807, 2.05) is 6.92 Å². The fourth-order valence-corrected chi connectivity index (χ4v) is 2.95. The van der Waals surface area contributed by atoms with Gasteiger partial charge in [-0.3, -0.25) is 0 Å². The molecule has 0 aromatic carbocycles. The molecular formula is C9H15N3O3S. The van der Waals surface area contributed by atoms with E-state index in [1.54, 1.807) is 0 Å². The molecule has 16 heavy (non-hydrogen) atoms. The van der Waals surface area contributed by atoms with Crippen LogP contribution in [0.2, 0.25) is 0 Å². The van der Waals surface area contributed by atoms with E-state index in [2.05, 4.69) is 14.7 Å². The number of ether oxygens (including phenoxy) is 1. The summed E-state index contributed by atoms with van der Waals surface area (Å²) in [5, 5.41) is 0.0809. The Morgan fingerprint density at radius 2 is 2.50 bits per heavy atom. The zero-order chi connectivity index (χ0) is 11.6. The highest BCUT2D eigenvalue weighted by molar-refractivity contribution is 7.89. The topological polar surface area (TPSA) is 84.1 Å². The SMILES string of the molecule is CC(NS(=O)(=O)c1cnc[nH]1)C1CCCO1. The molecule has 7 heteroatoms. The summed E-state index contributed by atoms with van der Waals surface area (Å²) in [6, 6.07) is -0.226. The summed E-state index contributed by atoms with van der Waals surface area (Å²) in [4.78, 5) is 6.26. The van der Waals surface area contributed by atoms with Crippen molar-refractivity contribution in [2.45, 2.75) is 36.9 Å². The molecule has 1 fully saturated rings. The van der Waals surface area contributed by atoms with Gasteiger partial charge >= 0.3 is 0 Å². The average molecular weight is 245 g/mol. The predicted molar refractivity (Wildman–Crippen MR) is 57.3 cm³/mol. The number of H-pyrrole nitrogens is 1. The van der Waals surface area contributed by atoms with Crippen LogP contribution in [0.1, 0.15) is 19.8 Å². The van der Waals surface area contributed by atoms with E-state index in [-0.39, 0.29) is 17.2 Å². The minimum absolute atomic E-state index is 0.0299. The molecule has 0 amide bonds. The van der Waals surface area contributed by atoms with Gasteiger partial charge in [-0.15, -0.1) is 0 Å². The first-order valence-corrected chi connectivity index (χ1v) is 6.70. The fourth-order valence-electron chi connectivity index (χ4n) is 1.77. The predicted octanol–water partition coefficient (Wildman–Crippen LogP) is 0.255. The van der Waals surface area contributed by atoms with Crippen LogP contribution in [0.25, 0.3) is 0 Å². The van der Waals surface area contributed by atoms with Crippen LogP contribution in [0.4, 0.5) is 0 Å². The zero-order valence-corrected chi connectivity index (χ0v) is 9.83. The maximum absolute atomic E-state index is 11.8. The van der Waals surface area contributed by atoms with Gasteiger partial charge in [-0.05, 0) is 19.8 Å². The molecule has 90 valence electrons. The lowest BCUT2D eigenvalue weighted by Gasteiger charge is -2.19. The Bertz CT molecular complexity index is 423. The molecule has 1 aliphatic heterocycles. The van der Waals surface area contributed by atoms with Gasteiger partial charge in [-0.25, -0.2) is 18.1 Å². The molecule has 2 N–H and O–H groups in total. The molecule has 2 atom stereocenters. The van der Waals surface area contributed by atoms with E-state index in [0.29, 0.717) is 6.61 Å². The number of nitrogens with one attached hydrogen (secondary N) is 2. The van der Waals surface area contributed by atoms with Gasteiger partial charge in [0.1, 0.15) is 0 Å². The van der Waals surface area contributed by atoms with Crippen molar-refractivity contribution in [1.82, 2.24) is 14.7 Å². The minimum atomic E-state index is -3.50. The quantitative estimate of drug-likeness (QED) is 0.796. The van der Waals surface area contributed by atoms with E-state index < -0.39 is 10.0 Å². The summed E-state index contributed by atoms with van der Waals surface area (Å²) in [6.45, 7) is 2.52. The number of imidazole rings is 1. The van der Waals surface area contributed by atoms with Gasteiger partial charge < -0.3 is 9.72 Å². The van der Waals surface area contributed by atoms with Crippen LogP contribution in [0.15, 0.2) is 17.6 Å². The number of nitrogens with zero attached hydrogens (tertiary/aromatic N) is 1. The minimum Gasteiger partial charge on any atom is -0.377 e. The standard InChI is InChI=1S/C9H15N3O3S/c1-7(8-3-2-4-15-8)12-16(13,14)9-5-10-6-11-9/h5-8,12H,2-4H2,1H3,(H,10,11). The van der Waals surface area contributed by atoms with Crippen molar-refractivity contribution in [2.75, 3.05) is 6.61 Å². The van der Waals surface area contributed by atoms with E-state index in [0.717, 1.165) is 12.8 Å². The molecule has 6 nitrogen and oxygen atoms in total. The first-order chi connectivity index (χ1) is 7.59. The molecule has 2 unspecified atom stereocenters. The highest BCUT2D eigenvalue weighted by Crippen LogP contribution is 2.16. The third-order valence-electron chi connectivity index (χ3n) is 2.63. The number of hydrogen-bond donors (Lipinski definition) is 2. The molecule has 2 rings (SSSR count). The molecule has 0 saturated carbocycles. The number of aromatic amines is 1. The summed E-state index contributed by atoms with van der Waals surface area (Å²) in [6.07, 6.45) is 4.47. The molecule has 1 saturated heterocycles. The van der Waals surface area contributed by atoms with Gasteiger partial charge in [0.05, 0.1) is 18.6 Å². The van der Waals surface area contributed by atoms with Gasteiger partial charge in [0, 0.05) is 12.6 Å². The van der Waals surface area contributed by atoms with Gasteiger partial charge in [0.15, 0.2) is 5.03 Å². The van der Waals surface area contributed by atoms with Crippen LogP contribution in [0, 0.1) is 0 Å². The molecule has 0 radical (unpaired) electrons. The Morgan fingerprint density at radius 3 is 3.06 bits per heavy atom. The Labute approximate surface area is 94.5 Å². The first-order valence-electron chi connectivity index (χ1n) is 5.22. The van der Waals surface area contributed by atoms with Gasteiger partial charge in [0.2, 0.25) is 0 Å². The highest BCUT2D eigenvalue weighted by Gasteiger charge is 2.27. The smallest absolute Gasteiger partial charge is 0.257 e. The number of rotatable bonds is 4. The van der Waals surface area contributed by atoms with Crippen LogP contribution in [0.5, 0.6) is 0 Å². The van der Waals surface area contributed by atoms with Gasteiger partial charge in [-0.1, -0.05) is 0 Å². The summed E-state index contributed by atoms with van der Waals surface area (Å²) in [5.41, 5.74) is 0. The third kappa shape index (κ3) is 2.42. The average Bonchev–Trinajstić information content (AvgIpc) is 2.91. The highest BCUT2D eigenvalue weighted by atomic mass is 32.2. The largest absolute Gasteiger partial charge is 0.377 e. The first kappa shape index (κ1) is 11.6. The van der Waals surface area contributed by atoms with Crippen molar-refractivity contribution < 1.29 is 13.2 Å². The van der Waals surface area contributed by atoms with Crippen molar-refractivity contribution >= 4 is 10.0 Å². The second-order valence-electron chi connectivity index (χ2n) is 3.88. The maximum Gasteiger partial charge on any atom is 0.257 e. The number of aromatic nitrogens is 2. The second kappa shape index (κ2) is 4.52. The Kier molecular flexibility index (Phi) is 3.27. The van der Waals surface area contributed by atoms with Crippen molar-refractivity contribution in [1.29, 1.82) is 0 Å². The molecule has 1 aromatic rings. The van der Waals surface area contributed by atoms with E-state index in [1.165, 1.54) is 12.5 Å². The summed E-state index contributed by atoms with van der Waals surface area (Å²) in [5.74, 6) is 0. The second-order valence-corrected chi connectivity index (χ2v) is 5.56. The summed E-state index contributed by atoms with van der Waals surface area (Å²) >= 11 is 0. The lowest BCUT2D eigenvalue weighted by atomic mass is 10.1. The molecule has 2 heterocycles. The molecule has 1 aliphatic rings. The number of sulfonamides is 1. The van der Waals surface area contributed by atoms with E-state index in [9.17, 15) is 8.42 Å². The van der Waals surface area contributed by atoms with E-state index >= 15 is 0 Å². The summed E-state index contributed by atoms with van der Waals surface area (Å²) in [7, 11) is -3.50. The Hall–Kier alpha value is -0.920. The molecule has 0 spiro atoms. The third-order valence-corrected chi connectivity index (χ3v) is 4.11. The van der Waals surface area contributed by atoms with Crippen LogP contribution in [-0.4, -0.2) is 37.1 Å². The van der Waals surface area contributed by atoms with Crippen LogP contribution >= 0.6 is 0 Å². The van der Waals surface area contributed by atoms with Crippen molar-refractivity contribution in [3.8, 4) is 0 Å². The van der Waals surface area contributed by atoms with Crippen LogP contribution < -0.4 is 4.72 Å². The molecule has 0 bridgehead atoms. The lowest BCUT2D eigenvalue weighted by molar-refractivity contribution is 0.0902. The lowest BCUT2D eigenvalue weighted by Crippen LogP contribution is -2.40. The van der Waals surface area contributed by atoms with Crippen LogP contribution in [0.3, 0.4) is 0 Å². The van der Waals surface area contributed by atoms with Crippen molar-refractivity contribution in [2.24, 2.45) is 0 Å². The monoisotopic (exact) mass is 245 g/mol. The van der Waals surface area contributed by atoms with Crippen LogP contribution in [-0.2, 0) is 14.8 Å². The maximum atomic E-state index is 11.8. The molecular weight excluding hydrogens is 230 g/mol. The van der Waals surface area contributed by atoms with Crippen molar-refractivity contribution in [3.05, 3.63) is 12.5 Å².